The van der Waals surface area contributed by atoms with Crippen LogP contribution < -0.4 is 0 Å². The zero-order valence-electron chi connectivity index (χ0n) is 12.5. The number of benzene rings is 1. The zero-order valence-corrected chi connectivity index (χ0v) is 13.3. The Morgan fingerprint density at radius 3 is 2.50 bits per heavy atom. The first kappa shape index (κ1) is 16.1. The molecule has 1 N–H and O–H groups in total. The van der Waals surface area contributed by atoms with Crippen LogP contribution >= 0.6 is 11.6 Å². The summed E-state index contributed by atoms with van der Waals surface area (Å²) in [6.45, 7) is 3.43. The normalized spacial score (nSPS) is 10.4. The van der Waals surface area contributed by atoms with E-state index in [4.69, 9.17) is 21.1 Å². The second-order valence-electron chi connectivity index (χ2n) is 4.78. The standard InChI is InChI=1S/C16H16ClNO4/c1-9-13(15(19)21-3)10(2)18-14(9)16(20)22-8-11-6-4-5-7-12(11)17/h4-7,18H,8H2,1-3H3. The molecule has 0 aliphatic carbocycles. The molecule has 0 spiro atoms. The molecule has 0 saturated carbocycles. The molecule has 0 saturated heterocycles. The predicted octanol–water partition coefficient (Wildman–Crippen LogP) is 3.43. The Labute approximate surface area is 133 Å². The molecule has 1 aromatic heterocycles. The first-order valence-electron chi connectivity index (χ1n) is 6.63. The lowest BCUT2D eigenvalue weighted by Gasteiger charge is -2.06. The van der Waals surface area contributed by atoms with Gasteiger partial charge in [0.2, 0.25) is 0 Å². The van der Waals surface area contributed by atoms with Crippen molar-refractivity contribution < 1.29 is 19.1 Å². The number of carbonyl (C=O) groups excluding carboxylic acids is 2. The van der Waals surface area contributed by atoms with Crippen LogP contribution in [0.3, 0.4) is 0 Å². The van der Waals surface area contributed by atoms with Crippen LogP contribution in [-0.2, 0) is 16.1 Å². The largest absolute Gasteiger partial charge is 0.465 e. The van der Waals surface area contributed by atoms with E-state index in [1.54, 1.807) is 32.0 Å². The molecular formula is C16H16ClNO4. The van der Waals surface area contributed by atoms with Crippen LogP contribution in [0.2, 0.25) is 5.02 Å². The Kier molecular flexibility index (Phi) is 4.88. The molecule has 0 radical (unpaired) electrons. The van der Waals surface area contributed by atoms with Gasteiger partial charge in [0.25, 0.3) is 0 Å². The number of hydrogen-bond acceptors (Lipinski definition) is 4. The van der Waals surface area contributed by atoms with Crippen LogP contribution in [0.1, 0.15) is 37.7 Å². The zero-order chi connectivity index (χ0) is 16.3. The molecule has 0 aliphatic rings. The topological polar surface area (TPSA) is 68.4 Å². The van der Waals surface area contributed by atoms with Crippen molar-refractivity contribution in [1.29, 1.82) is 0 Å². The quantitative estimate of drug-likeness (QED) is 0.876. The van der Waals surface area contributed by atoms with Crippen molar-refractivity contribution in [2.45, 2.75) is 20.5 Å². The van der Waals surface area contributed by atoms with Crippen LogP contribution in [-0.4, -0.2) is 24.0 Å². The highest BCUT2D eigenvalue weighted by Crippen LogP contribution is 2.21. The second-order valence-corrected chi connectivity index (χ2v) is 5.19. The monoisotopic (exact) mass is 321 g/mol. The van der Waals surface area contributed by atoms with E-state index in [1.165, 1.54) is 7.11 Å². The molecule has 0 unspecified atom stereocenters. The number of aryl methyl sites for hydroxylation is 1. The third-order valence-electron chi connectivity index (χ3n) is 3.35. The smallest absolute Gasteiger partial charge is 0.355 e. The molecule has 2 rings (SSSR count). The molecule has 0 atom stereocenters. The van der Waals surface area contributed by atoms with Crippen molar-refractivity contribution in [3.63, 3.8) is 0 Å². The van der Waals surface area contributed by atoms with Crippen LogP contribution in [0.5, 0.6) is 0 Å². The van der Waals surface area contributed by atoms with Gasteiger partial charge >= 0.3 is 11.9 Å². The number of methoxy groups -OCH3 is 1. The summed E-state index contributed by atoms with van der Waals surface area (Å²) in [5.41, 5.74) is 2.38. The molecule has 5 nitrogen and oxygen atoms in total. The first-order chi connectivity index (χ1) is 10.5. The van der Waals surface area contributed by atoms with Crippen molar-refractivity contribution in [3.05, 3.63) is 57.4 Å². The molecular weight excluding hydrogens is 306 g/mol. The third-order valence-corrected chi connectivity index (χ3v) is 3.72. The lowest BCUT2D eigenvalue weighted by molar-refractivity contribution is 0.0465. The summed E-state index contributed by atoms with van der Waals surface area (Å²) in [7, 11) is 1.30. The Hall–Kier alpha value is -2.27. The lowest BCUT2D eigenvalue weighted by Crippen LogP contribution is -2.08. The number of carbonyl (C=O) groups is 2. The minimum absolute atomic E-state index is 0.0591. The molecule has 0 aliphatic heterocycles. The van der Waals surface area contributed by atoms with E-state index in [9.17, 15) is 9.59 Å². The Morgan fingerprint density at radius 2 is 1.86 bits per heavy atom. The predicted molar refractivity (Wildman–Crippen MR) is 82.2 cm³/mol. The summed E-state index contributed by atoms with van der Waals surface area (Å²) in [4.78, 5) is 26.8. The first-order valence-corrected chi connectivity index (χ1v) is 7.01. The molecule has 0 bridgehead atoms. The summed E-state index contributed by atoms with van der Waals surface area (Å²) in [5, 5.41) is 0.532. The van der Waals surface area contributed by atoms with Gasteiger partial charge in [0.05, 0.1) is 12.7 Å². The molecule has 22 heavy (non-hydrogen) atoms. The van der Waals surface area contributed by atoms with E-state index >= 15 is 0 Å². The third kappa shape index (κ3) is 3.14. The summed E-state index contributed by atoms with van der Waals surface area (Å²) in [6, 6.07) is 7.12. The Bertz CT molecular complexity index is 721. The fourth-order valence-electron chi connectivity index (χ4n) is 2.19. The van der Waals surface area contributed by atoms with Gasteiger partial charge in [-0.3, -0.25) is 0 Å². The Morgan fingerprint density at radius 1 is 1.18 bits per heavy atom. The maximum atomic E-state index is 12.2. The van der Waals surface area contributed by atoms with Crippen LogP contribution in [0.4, 0.5) is 0 Å². The number of nitrogens with one attached hydrogen (secondary N) is 1. The van der Waals surface area contributed by atoms with Crippen molar-refractivity contribution in [3.8, 4) is 0 Å². The maximum absolute atomic E-state index is 12.2. The second kappa shape index (κ2) is 6.66. The number of esters is 2. The maximum Gasteiger partial charge on any atom is 0.355 e. The van der Waals surface area contributed by atoms with Gasteiger partial charge in [-0.25, -0.2) is 9.59 Å². The number of aromatic amines is 1. The molecule has 2 aromatic rings. The van der Waals surface area contributed by atoms with Crippen molar-refractivity contribution >= 4 is 23.5 Å². The summed E-state index contributed by atoms with van der Waals surface area (Å²) < 4.78 is 9.96. The Balaban J connectivity index is 2.17. The average molecular weight is 322 g/mol. The molecule has 6 heteroatoms. The number of H-pyrrole nitrogens is 1. The number of aromatic nitrogens is 1. The van der Waals surface area contributed by atoms with Gasteiger partial charge in [-0.1, -0.05) is 29.8 Å². The van der Waals surface area contributed by atoms with Gasteiger partial charge < -0.3 is 14.5 Å². The van der Waals surface area contributed by atoms with E-state index in [2.05, 4.69) is 4.98 Å². The van der Waals surface area contributed by atoms with E-state index in [0.717, 1.165) is 0 Å². The van der Waals surface area contributed by atoms with Gasteiger partial charge in [0, 0.05) is 16.3 Å². The fraction of sp³-hybridized carbons (Fsp3) is 0.250. The molecule has 1 heterocycles. The summed E-state index contributed by atoms with van der Waals surface area (Å²) >= 11 is 6.01. The highest BCUT2D eigenvalue weighted by Gasteiger charge is 2.23. The highest BCUT2D eigenvalue weighted by atomic mass is 35.5. The van der Waals surface area contributed by atoms with E-state index in [1.807, 2.05) is 6.07 Å². The average Bonchev–Trinajstić information content (AvgIpc) is 2.80. The summed E-state index contributed by atoms with van der Waals surface area (Å²) in [6.07, 6.45) is 0. The van der Waals surface area contributed by atoms with Crippen LogP contribution in [0.15, 0.2) is 24.3 Å². The van der Waals surface area contributed by atoms with Crippen molar-refractivity contribution in [1.82, 2.24) is 4.98 Å². The van der Waals surface area contributed by atoms with Crippen molar-refractivity contribution in [2.75, 3.05) is 7.11 Å². The minimum Gasteiger partial charge on any atom is -0.465 e. The van der Waals surface area contributed by atoms with E-state index in [0.29, 0.717) is 27.4 Å². The van der Waals surface area contributed by atoms with Gasteiger partial charge in [-0.15, -0.1) is 0 Å². The molecule has 1 aromatic carbocycles. The van der Waals surface area contributed by atoms with Gasteiger partial charge in [-0.05, 0) is 25.5 Å². The summed E-state index contributed by atoms with van der Waals surface area (Å²) in [5.74, 6) is -1.04. The number of halogens is 1. The van der Waals surface area contributed by atoms with Gasteiger partial charge in [-0.2, -0.15) is 0 Å². The van der Waals surface area contributed by atoms with Crippen LogP contribution in [0, 0.1) is 13.8 Å². The highest BCUT2D eigenvalue weighted by molar-refractivity contribution is 6.31. The molecule has 116 valence electrons. The lowest BCUT2D eigenvalue weighted by atomic mass is 10.1. The minimum atomic E-state index is -0.546. The van der Waals surface area contributed by atoms with Gasteiger partial charge in [0.1, 0.15) is 12.3 Å². The number of ether oxygens (including phenoxy) is 2. The fourth-order valence-corrected chi connectivity index (χ4v) is 2.38. The number of rotatable bonds is 4. The molecule has 0 amide bonds. The number of hydrogen-bond donors (Lipinski definition) is 1. The van der Waals surface area contributed by atoms with Gasteiger partial charge in [0.15, 0.2) is 0 Å². The van der Waals surface area contributed by atoms with E-state index < -0.39 is 11.9 Å². The molecule has 0 fully saturated rings. The van der Waals surface area contributed by atoms with Crippen LogP contribution in [0.25, 0.3) is 0 Å². The van der Waals surface area contributed by atoms with E-state index in [-0.39, 0.29) is 12.3 Å². The SMILES string of the molecule is COC(=O)c1c(C)[nH]c(C(=O)OCc2ccccc2Cl)c1C. The van der Waals surface area contributed by atoms with Crippen molar-refractivity contribution in [2.24, 2.45) is 0 Å².